The molecule has 1 aromatic carbocycles. The van der Waals surface area contributed by atoms with Gasteiger partial charge in [-0.2, -0.15) is 0 Å². The summed E-state index contributed by atoms with van der Waals surface area (Å²) in [5.74, 6) is 0. The standard InChI is InChI=1S/C13H15N3/c1-15-13(10-5-7-16-8-6-10)11-3-2-4-12(14)9-11/h2-9,13,15H,14H2,1H3. The van der Waals surface area contributed by atoms with Crippen molar-refractivity contribution in [2.75, 3.05) is 12.8 Å². The maximum atomic E-state index is 5.79. The molecule has 3 heteroatoms. The summed E-state index contributed by atoms with van der Waals surface area (Å²) in [5, 5.41) is 3.28. The van der Waals surface area contributed by atoms with Crippen LogP contribution in [0.2, 0.25) is 0 Å². The zero-order valence-electron chi connectivity index (χ0n) is 9.22. The third-order valence-corrected chi connectivity index (χ3v) is 2.57. The van der Waals surface area contributed by atoms with Gasteiger partial charge < -0.3 is 11.1 Å². The number of rotatable bonds is 3. The Hall–Kier alpha value is -1.87. The quantitative estimate of drug-likeness (QED) is 0.766. The molecule has 0 amide bonds. The lowest BCUT2D eigenvalue weighted by molar-refractivity contribution is 0.691. The van der Waals surface area contributed by atoms with Gasteiger partial charge in [-0.1, -0.05) is 12.1 Å². The third-order valence-electron chi connectivity index (χ3n) is 2.57. The van der Waals surface area contributed by atoms with Crippen LogP contribution < -0.4 is 11.1 Å². The van der Waals surface area contributed by atoms with Crippen LogP contribution in [-0.4, -0.2) is 12.0 Å². The average Bonchev–Trinajstić information content (AvgIpc) is 2.31. The summed E-state index contributed by atoms with van der Waals surface area (Å²) < 4.78 is 0. The first kappa shape index (κ1) is 10.6. The molecule has 16 heavy (non-hydrogen) atoms. The van der Waals surface area contributed by atoms with Gasteiger partial charge in [0, 0.05) is 18.1 Å². The highest BCUT2D eigenvalue weighted by Crippen LogP contribution is 2.22. The van der Waals surface area contributed by atoms with Crippen LogP contribution in [0.25, 0.3) is 0 Å². The fourth-order valence-corrected chi connectivity index (χ4v) is 1.82. The van der Waals surface area contributed by atoms with Crippen molar-refractivity contribution in [1.82, 2.24) is 10.3 Å². The Bertz CT molecular complexity index is 454. The summed E-state index contributed by atoms with van der Waals surface area (Å²) in [6, 6.07) is 12.1. The molecule has 1 atom stereocenters. The molecule has 0 bridgehead atoms. The molecule has 0 fully saturated rings. The van der Waals surface area contributed by atoms with Crippen molar-refractivity contribution in [2.45, 2.75) is 6.04 Å². The number of hydrogen-bond acceptors (Lipinski definition) is 3. The first-order chi connectivity index (χ1) is 7.81. The van der Waals surface area contributed by atoms with Gasteiger partial charge in [0.2, 0.25) is 0 Å². The minimum Gasteiger partial charge on any atom is -0.399 e. The van der Waals surface area contributed by atoms with E-state index in [1.54, 1.807) is 12.4 Å². The predicted octanol–water partition coefficient (Wildman–Crippen LogP) is 1.97. The number of nitrogen functional groups attached to an aromatic ring is 1. The van der Waals surface area contributed by atoms with Crippen LogP contribution in [0, 0.1) is 0 Å². The molecule has 3 N–H and O–H groups in total. The molecule has 2 rings (SSSR count). The van der Waals surface area contributed by atoms with E-state index < -0.39 is 0 Å². The maximum Gasteiger partial charge on any atom is 0.0576 e. The number of nitrogens with one attached hydrogen (secondary N) is 1. The summed E-state index contributed by atoms with van der Waals surface area (Å²) in [5.41, 5.74) is 8.92. The lowest BCUT2D eigenvalue weighted by Gasteiger charge is -2.17. The predicted molar refractivity (Wildman–Crippen MR) is 66.0 cm³/mol. The van der Waals surface area contributed by atoms with E-state index in [2.05, 4.69) is 16.4 Å². The fourth-order valence-electron chi connectivity index (χ4n) is 1.82. The number of anilines is 1. The van der Waals surface area contributed by atoms with E-state index in [0.29, 0.717) is 0 Å². The molecule has 0 aliphatic heterocycles. The van der Waals surface area contributed by atoms with Gasteiger partial charge in [-0.3, -0.25) is 4.98 Å². The molecule has 0 saturated heterocycles. The van der Waals surface area contributed by atoms with E-state index in [0.717, 1.165) is 11.3 Å². The lowest BCUT2D eigenvalue weighted by atomic mass is 9.99. The summed E-state index contributed by atoms with van der Waals surface area (Å²) in [6.07, 6.45) is 3.60. The van der Waals surface area contributed by atoms with Crippen LogP contribution in [0.4, 0.5) is 5.69 Å². The van der Waals surface area contributed by atoms with Crippen molar-refractivity contribution in [3.63, 3.8) is 0 Å². The Morgan fingerprint density at radius 2 is 1.88 bits per heavy atom. The Balaban J connectivity index is 2.37. The molecular weight excluding hydrogens is 198 g/mol. The highest BCUT2D eigenvalue weighted by Gasteiger charge is 2.11. The van der Waals surface area contributed by atoms with Crippen molar-refractivity contribution in [3.8, 4) is 0 Å². The summed E-state index contributed by atoms with van der Waals surface area (Å²) in [4.78, 5) is 4.02. The summed E-state index contributed by atoms with van der Waals surface area (Å²) >= 11 is 0. The van der Waals surface area contributed by atoms with Crippen LogP contribution in [0.1, 0.15) is 17.2 Å². The number of hydrogen-bond donors (Lipinski definition) is 2. The molecule has 1 heterocycles. The summed E-state index contributed by atoms with van der Waals surface area (Å²) in [6.45, 7) is 0. The highest BCUT2D eigenvalue weighted by atomic mass is 14.9. The van der Waals surface area contributed by atoms with E-state index in [4.69, 9.17) is 5.73 Å². The monoisotopic (exact) mass is 213 g/mol. The van der Waals surface area contributed by atoms with Crippen LogP contribution in [0.15, 0.2) is 48.8 Å². The molecule has 1 aromatic heterocycles. The second kappa shape index (κ2) is 4.77. The molecule has 0 spiro atoms. The Morgan fingerprint density at radius 3 is 2.50 bits per heavy atom. The molecule has 0 aliphatic carbocycles. The Labute approximate surface area is 95.3 Å². The van der Waals surface area contributed by atoms with Crippen molar-refractivity contribution in [3.05, 3.63) is 59.9 Å². The maximum absolute atomic E-state index is 5.79. The van der Waals surface area contributed by atoms with Crippen molar-refractivity contribution in [1.29, 1.82) is 0 Å². The number of nitrogens with two attached hydrogens (primary N) is 1. The molecule has 3 nitrogen and oxygen atoms in total. The fraction of sp³-hybridized carbons (Fsp3) is 0.154. The average molecular weight is 213 g/mol. The molecule has 1 unspecified atom stereocenters. The zero-order chi connectivity index (χ0) is 11.4. The SMILES string of the molecule is CNC(c1ccncc1)c1cccc(N)c1. The van der Waals surface area contributed by atoms with E-state index in [1.807, 2.05) is 37.4 Å². The normalized spacial score (nSPS) is 12.3. The molecule has 2 aromatic rings. The van der Waals surface area contributed by atoms with Crippen molar-refractivity contribution >= 4 is 5.69 Å². The largest absolute Gasteiger partial charge is 0.399 e. The third kappa shape index (κ3) is 2.20. The number of nitrogens with zero attached hydrogens (tertiary/aromatic N) is 1. The van der Waals surface area contributed by atoms with Gasteiger partial charge in [0.1, 0.15) is 0 Å². The van der Waals surface area contributed by atoms with Gasteiger partial charge in [-0.25, -0.2) is 0 Å². The Kier molecular flexibility index (Phi) is 3.17. The second-order valence-electron chi connectivity index (χ2n) is 3.67. The molecule has 0 aliphatic rings. The van der Waals surface area contributed by atoms with Gasteiger partial charge >= 0.3 is 0 Å². The molecule has 0 radical (unpaired) electrons. The van der Waals surface area contributed by atoms with Crippen molar-refractivity contribution < 1.29 is 0 Å². The molecule has 0 saturated carbocycles. The van der Waals surface area contributed by atoms with Gasteiger partial charge in [0.05, 0.1) is 6.04 Å². The van der Waals surface area contributed by atoms with Crippen molar-refractivity contribution in [2.24, 2.45) is 0 Å². The summed E-state index contributed by atoms with van der Waals surface area (Å²) in [7, 11) is 1.94. The van der Waals surface area contributed by atoms with Crippen LogP contribution in [0.5, 0.6) is 0 Å². The van der Waals surface area contributed by atoms with E-state index in [-0.39, 0.29) is 6.04 Å². The Morgan fingerprint density at radius 1 is 1.12 bits per heavy atom. The topological polar surface area (TPSA) is 50.9 Å². The van der Waals surface area contributed by atoms with Crippen LogP contribution >= 0.6 is 0 Å². The first-order valence-electron chi connectivity index (χ1n) is 5.24. The van der Waals surface area contributed by atoms with Crippen LogP contribution in [0.3, 0.4) is 0 Å². The minimum absolute atomic E-state index is 0.159. The first-order valence-corrected chi connectivity index (χ1v) is 5.24. The number of benzene rings is 1. The van der Waals surface area contributed by atoms with E-state index in [1.165, 1.54) is 5.56 Å². The smallest absolute Gasteiger partial charge is 0.0576 e. The lowest BCUT2D eigenvalue weighted by Crippen LogP contribution is -2.17. The second-order valence-corrected chi connectivity index (χ2v) is 3.67. The van der Waals surface area contributed by atoms with E-state index >= 15 is 0 Å². The van der Waals surface area contributed by atoms with Crippen LogP contribution in [-0.2, 0) is 0 Å². The van der Waals surface area contributed by atoms with Gasteiger partial charge in [-0.05, 0) is 42.4 Å². The number of pyridine rings is 1. The zero-order valence-corrected chi connectivity index (χ0v) is 9.22. The molecular formula is C13H15N3. The van der Waals surface area contributed by atoms with Gasteiger partial charge in [-0.15, -0.1) is 0 Å². The highest BCUT2D eigenvalue weighted by molar-refractivity contribution is 5.44. The molecule has 82 valence electrons. The number of aromatic nitrogens is 1. The van der Waals surface area contributed by atoms with Gasteiger partial charge in [0.15, 0.2) is 0 Å². The van der Waals surface area contributed by atoms with Gasteiger partial charge in [0.25, 0.3) is 0 Å². The minimum atomic E-state index is 0.159. The van der Waals surface area contributed by atoms with E-state index in [9.17, 15) is 0 Å².